The number of nitrogens with two attached hydrogens (primary N) is 1. The first-order valence-electron chi connectivity index (χ1n) is 23.0. The van der Waals surface area contributed by atoms with E-state index in [4.69, 9.17) is 24.3 Å². The third-order valence-corrected chi connectivity index (χ3v) is 10.8. The fourth-order valence-electron chi connectivity index (χ4n) is 6.41. The third kappa shape index (κ3) is 41.9. The molecule has 0 bridgehead atoms. The van der Waals surface area contributed by atoms with Gasteiger partial charge in [-0.2, -0.15) is 0 Å². The van der Waals surface area contributed by atoms with E-state index in [1.807, 2.05) is 0 Å². The number of unbranched alkanes of at least 4 members (excludes halogenated alkanes) is 24. The fraction of sp³-hybridized carbons (Fsp3) is 0.826. The molecule has 0 rings (SSSR count). The molecule has 9 nitrogen and oxygen atoms in total. The molecular formula is C46H86NO8P. The summed E-state index contributed by atoms with van der Waals surface area (Å²) in [7, 11) is -4.38. The lowest BCUT2D eigenvalue weighted by Gasteiger charge is -2.19. The molecule has 10 heteroatoms. The van der Waals surface area contributed by atoms with E-state index in [1.54, 1.807) is 0 Å². The second-order valence-corrected chi connectivity index (χ2v) is 16.7. The van der Waals surface area contributed by atoms with Crippen LogP contribution in [-0.4, -0.2) is 49.3 Å². The van der Waals surface area contributed by atoms with Crippen molar-refractivity contribution in [2.45, 2.75) is 219 Å². The number of phosphoric acid groups is 1. The van der Waals surface area contributed by atoms with Crippen molar-refractivity contribution in [1.82, 2.24) is 0 Å². The number of carbonyl (C=O) groups excluding carboxylic acids is 2. The molecule has 0 aliphatic heterocycles. The molecule has 0 aliphatic rings. The van der Waals surface area contributed by atoms with Crippen molar-refractivity contribution in [1.29, 1.82) is 0 Å². The highest BCUT2D eigenvalue weighted by Gasteiger charge is 2.26. The SMILES string of the molecule is CC/C=C\C/C=C\C/C=C\CCCCCC(=O)OC(COC(=O)CCCCCCCCCCCCCCCCCCCCCCCC)COP(=O)(O)OCCN. The molecular weight excluding hydrogens is 725 g/mol. The van der Waals surface area contributed by atoms with Gasteiger partial charge >= 0.3 is 19.8 Å². The number of esters is 2. The van der Waals surface area contributed by atoms with Gasteiger partial charge in [-0.3, -0.25) is 18.6 Å². The number of hydrogen-bond donors (Lipinski definition) is 2. The van der Waals surface area contributed by atoms with Crippen LogP contribution < -0.4 is 5.73 Å². The van der Waals surface area contributed by atoms with Crippen molar-refractivity contribution in [3.05, 3.63) is 36.5 Å². The molecule has 3 N–H and O–H groups in total. The topological polar surface area (TPSA) is 134 Å². The smallest absolute Gasteiger partial charge is 0.462 e. The molecule has 0 fully saturated rings. The van der Waals surface area contributed by atoms with Crippen LogP contribution in [0.1, 0.15) is 213 Å². The molecule has 0 saturated heterocycles. The fourth-order valence-corrected chi connectivity index (χ4v) is 7.18. The van der Waals surface area contributed by atoms with Gasteiger partial charge in [0.1, 0.15) is 6.61 Å². The number of ether oxygens (including phenoxy) is 2. The third-order valence-electron chi connectivity index (χ3n) is 9.79. The Morgan fingerprint density at radius 2 is 0.982 bits per heavy atom. The van der Waals surface area contributed by atoms with Crippen LogP contribution in [0, 0.1) is 0 Å². The lowest BCUT2D eigenvalue weighted by Crippen LogP contribution is -2.29. The summed E-state index contributed by atoms with van der Waals surface area (Å²) < 4.78 is 32.8. The predicted octanol–water partition coefficient (Wildman–Crippen LogP) is 13.3. The second kappa shape index (κ2) is 42.8. The zero-order valence-electron chi connectivity index (χ0n) is 36.1. The van der Waals surface area contributed by atoms with Crippen molar-refractivity contribution in [3.63, 3.8) is 0 Å². The summed E-state index contributed by atoms with van der Waals surface area (Å²) in [5.41, 5.74) is 5.35. The Morgan fingerprint density at radius 1 is 0.554 bits per heavy atom. The van der Waals surface area contributed by atoms with Crippen molar-refractivity contribution in [3.8, 4) is 0 Å². The first kappa shape index (κ1) is 54.2. The lowest BCUT2D eigenvalue weighted by molar-refractivity contribution is -0.161. The molecule has 328 valence electrons. The van der Waals surface area contributed by atoms with Crippen LogP contribution >= 0.6 is 7.82 Å². The molecule has 0 aliphatic carbocycles. The van der Waals surface area contributed by atoms with Gasteiger partial charge in [0.25, 0.3) is 0 Å². The van der Waals surface area contributed by atoms with Gasteiger partial charge in [0.05, 0.1) is 13.2 Å². The number of hydrogen-bond acceptors (Lipinski definition) is 8. The number of phosphoric ester groups is 1. The van der Waals surface area contributed by atoms with Gasteiger partial charge in [-0.1, -0.05) is 192 Å². The Hall–Kier alpha value is -1.77. The Bertz CT molecular complexity index is 1020. The molecule has 0 heterocycles. The average molecular weight is 812 g/mol. The minimum atomic E-state index is -4.38. The summed E-state index contributed by atoms with van der Waals surface area (Å²) in [6.07, 6.45) is 47.6. The molecule has 0 saturated carbocycles. The molecule has 2 unspecified atom stereocenters. The van der Waals surface area contributed by atoms with Gasteiger partial charge < -0.3 is 20.1 Å². The summed E-state index contributed by atoms with van der Waals surface area (Å²) in [5.74, 6) is -0.856. The molecule has 0 spiro atoms. The Morgan fingerprint density at radius 3 is 1.46 bits per heavy atom. The summed E-state index contributed by atoms with van der Waals surface area (Å²) in [6, 6.07) is 0. The summed E-state index contributed by atoms with van der Waals surface area (Å²) >= 11 is 0. The van der Waals surface area contributed by atoms with E-state index in [1.165, 1.54) is 122 Å². The minimum Gasteiger partial charge on any atom is -0.462 e. The van der Waals surface area contributed by atoms with Gasteiger partial charge in [0.15, 0.2) is 6.10 Å². The van der Waals surface area contributed by atoms with E-state index < -0.39 is 26.5 Å². The molecule has 0 aromatic heterocycles. The van der Waals surface area contributed by atoms with E-state index >= 15 is 0 Å². The van der Waals surface area contributed by atoms with Crippen LogP contribution in [0.2, 0.25) is 0 Å². The molecule has 0 amide bonds. The van der Waals surface area contributed by atoms with Crippen LogP contribution in [0.5, 0.6) is 0 Å². The highest BCUT2D eigenvalue weighted by atomic mass is 31.2. The van der Waals surface area contributed by atoms with E-state index in [9.17, 15) is 19.0 Å². The predicted molar refractivity (Wildman–Crippen MR) is 234 cm³/mol. The quantitative estimate of drug-likeness (QED) is 0.0267. The van der Waals surface area contributed by atoms with Crippen molar-refractivity contribution in [2.75, 3.05) is 26.4 Å². The highest BCUT2D eigenvalue weighted by Crippen LogP contribution is 2.43. The van der Waals surface area contributed by atoms with Crippen LogP contribution in [-0.2, 0) is 32.7 Å². The molecule has 0 aromatic carbocycles. The molecule has 0 aromatic rings. The van der Waals surface area contributed by atoms with Crippen LogP contribution in [0.25, 0.3) is 0 Å². The highest BCUT2D eigenvalue weighted by molar-refractivity contribution is 7.47. The maximum Gasteiger partial charge on any atom is 0.472 e. The Kier molecular flexibility index (Phi) is 41.5. The van der Waals surface area contributed by atoms with Crippen molar-refractivity contribution >= 4 is 19.8 Å². The van der Waals surface area contributed by atoms with E-state index in [2.05, 4.69) is 50.3 Å². The van der Waals surface area contributed by atoms with Gasteiger partial charge in [-0.15, -0.1) is 0 Å². The van der Waals surface area contributed by atoms with Crippen LogP contribution in [0.4, 0.5) is 0 Å². The zero-order chi connectivity index (χ0) is 41.1. The standard InChI is InChI=1S/C46H86NO8P/c1-3-5-7-9-11-13-15-17-18-19-20-21-22-23-24-25-27-28-30-32-34-36-38-45(48)52-42-44(43-54-56(50,51)53-41-40-47)55-46(49)39-37-35-33-31-29-26-16-14-12-10-8-6-4-2/h6,8,12,14,26,29,44H,3-5,7,9-11,13,15-25,27-28,30-43,47H2,1-2H3,(H,50,51)/b8-6-,14-12-,29-26-. The number of allylic oxidation sites excluding steroid dienone is 6. The van der Waals surface area contributed by atoms with Gasteiger partial charge in [0, 0.05) is 19.4 Å². The Labute approximate surface area is 344 Å². The van der Waals surface area contributed by atoms with Crippen molar-refractivity contribution in [2.24, 2.45) is 5.73 Å². The van der Waals surface area contributed by atoms with E-state index in [0.29, 0.717) is 6.42 Å². The lowest BCUT2D eigenvalue weighted by atomic mass is 10.0. The maximum atomic E-state index is 12.6. The van der Waals surface area contributed by atoms with Gasteiger partial charge in [0.2, 0.25) is 0 Å². The van der Waals surface area contributed by atoms with E-state index in [0.717, 1.165) is 57.8 Å². The zero-order valence-corrected chi connectivity index (χ0v) is 37.0. The van der Waals surface area contributed by atoms with Crippen LogP contribution in [0.15, 0.2) is 36.5 Å². The van der Waals surface area contributed by atoms with Gasteiger partial charge in [-0.25, -0.2) is 4.57 Å². The molecule has 56 heavy (non-hydrogen) atoms. The first-order chi connectivity index (χ1) is 27.3. The molecule has 0 radical (unpaired) electrons. The second-order valence-electron chi connectivity index (χ2n) is 15.2. The largest absolute Gasteiger partial charge is 0.472 e. The molecule has 2 atom stereocenters. The Balaban J connectivity index is 4.04. The van der Waals surface area contributed by atoms with Crippen molar-refractivity contribution < 1.29 is 37.6 Å². The summed E-state index contributed by atoms with van der Waals surface area (Å²) in [4.78, 5) is 34.9. The summed E-state index contributed by atoms with van der Waals surface area (Å²) in [6.45, 7) is 3.60. The number of carbonyl (C=O) groups is 2. The maximum absolute atomic E-state index is 12.6. The minimum absolute atomic E-state index is 0.0489. The first-order valence-corrected chi connectivity index (χ1v) is 24.5. The van der Waals surface area contributed by atoms with E-state index in [-0.39, 0.29) is 38.6 Å². The normalized spacial score (nSPS) is 13.6. The average Bonchev–Trinajstić information content (AvgIpc) is 3.18. The van der Waals surface area contributed by atoms with Crippen LogP contribution in [0.3, 0.4) is 0 Å². The number of rotatable bonds is 43. The summed E-state index contributed by atoms with van der Waals surface area (Å²) in [5, 5.41) is 0. The van der Waals surface area contributed by atoms with Gasteiger partial charge in [-0.05, 0) is 44.9 Å². The monoisotopic (exact) mass is 812 g/mol.